The normalized spacial score (nSPS) is 10.8. The minimum absolute atomic E-state index is 0.0844. The molecule has 3 nitrogen and oxygen atoms in total. The summed E-state index contributed by atoms with van der Waals surface area (Å²) in [5.74, 6) is -0.400. The van der Waals surface area contributed by atoms with Gasteiger partial charge in [0.15, 0.2) is 0 Å². The van der Waals surface area contributed by atoms with Crippen molar-refractivity contribution >= 4 is 17.7 Å². The molecule has 0 bridgehead atoms. The summed E-state index contributed by atoms with van der Waals surface area (Å²) in [7, 11) is 0. The molecule has 0 fully saturated rings. The van der Waals surface area contributed by atoms with E-state index in [9.17, 15) is 10.1 Å². The van der Waals surface area contributed by atoms with Gasteiger partial charge < -0.3 is 5.32 Å². The number of carbonyl (C=O) groups excluding carboxylic acids is 1. The van der Waals surface area contributed by atoms with Crippen LogP contribution in [0.2, 0.25) is 0 Å². The minimum Gasteiger partial charge on any atom is -0.321 e. The number of rotatable bonds is 3. The Morgan fingerprint density at radius 1 is 1.10 bits per heavy atom. The predicted octanol–water partition coefficient (Wildman–Crippen LogP) is 3.85. The van der Waals surface area contributed by atoms with Gasteiger partial charge in [-0.3, -0.25) is 4.79 Å². The Balaban J connectivity index is 2.19. The molecule has 0 heterocycles. The van der Waals surface area contributed by atoms with E-state index in [0.29, 0.717) is 5.69 Å². The molecule has 0 saturated heterocycles. The molecule has 0 aliphatic rings. The zero-order valence-corrected chi connectivity index (χ0v) is 12.1. The molecule has 0 atom stereocenters. The summed E-state index contributed by atoms with van der Waals surface area (Å²) in [6.07, 6.45) is 1.59. The van der Waals surface area contributed by atoms with E-state index in [2.05, 4.69) is 5.32 Å². The molecule has 0 aromatic heterocycles. The lowest BCUT2D eigenvalue weighted by molar-refractivity contribution is -0.112. The molecule has 3 heteroatoms. The first-order valence-electron chi connectivity index (χ1n) is 6.65. The molecular formula is C18H16N2O. The Bertz CT molecular complexity index is 722. The molecule has 2 rings (SSSR count). The number of anilines is 1. The lowest BCUT2D eigenvalue weighted by Crippen LogP contribution is -2.13. The maximum absolute atomic E-state index is 12.1. The van der Waals surface area contributed by atoms with Crippen molar-refractivity contribution < 1.29 is 4.79 Å². The summed E-state index contributed by atoms with van der Waals surface area (Å²) in [4.78, 5) is 12.1. The number of nitrogens with one attached hydrogen (secondary N) is 1. The minimum atomic E-state index is -0.400. The summed E-state index contributed by atoms with van der Waals surface area (Å²) in [5, 5.41) is 11.9. The van der Waals surface area contributed by atoms with Gasteiger partial charge in [0.1, 0.15) is 11.6 Å². The Morgan fingerprint density at radius 2 is 1.81 bits per heavy atom. The molecule has 2 aromatic carbocycles. The van der Waals surface area contributed by atoms with Crippen LogP contribution in [-0.2, 0) is 4.79 Å². The summed E-state index contributed by atoms with van der Waals surface area (Å²) in [6.45, 7) is 3.94. The SMILES string of the molecule is Cc1ccc(NC(=O)/C(C#N)=C\c2cccc(C)c2)cc1. The zero-order valence-electron chi connectivity index (χ0n) is 12.1. The van der Waals surface area contributed by atoms with Crippen molar-refractivity contribution in [2.45, 2.75) is 13.8 Å². The Hall–Kier alpha value is -2.86. The Morgan fingerprint density at radius 3 is 2.43 bits per heavy atom. The second-order valence-corrected chi connectivity index (χ2v) is 4.90. The van der Waals surface area contributed by atoms with Gasteiger partial charge in [-0.2, -0.15) is 5.26 Å². The summed E-state index contributed by atoms with van der Waals surface area (Å²) in [6, 6.07) is 17.1. The molecule has 0 saturated carbocycles. The van der Waals surface area contributed by atoms with Crippen LogP contribution in [0.15, 0.2) is 54.1 Å². The van der Waals surface area contributed by atoms with Gasteiger partial charge in [0, 0.05) is 5.69 Å². The van der Waals surface area contributed by atoms with E-state index < -0.39 is 5.91 Å². The molecule has 0 radical (unpaired) electrons. The molecule has 0 aliphatic heterocycles. The lowest BCUT2D eigenvalue weighted by atomic mass is 10.1. The number of nitriles is 1. The van der Waals surface area contributed by atoms with Crippen LogP contribution in [0.5, 0.6) is 0 Å². The fourth-order valence-electron chi connectivity index (χ4n) is 1.91. The standard InChI is InChI=1S/C18H16N2O/c1-13-6-8-17(9-7-13)20-18(21)16(12-19)11-15-5-3-4-14(2)10-15/h3-11H,1-2H3,(H,20,21)/b16-11-. The van der Waals surface area contributed by atoms with E-state index in [4.69, 9.17) is 0 Å². The average molecular weight is 276 g/mol. The van der Waals surface area contributed by atoms with Crippen LogP contribution in [-0.4, -0.2) is 5.91 Å². The van der Waals surface area contributed by atoms with E-state index in [-0.39, 0.29) is 5.57 Å². The van der Waals surface area contributed by atoms with E-state index in [1.54, 1.807) is 6.08 Å². The zero-order chi connectivity index (χ0) is 15.2. The van der Waals surface area contributed by atoms with Gasteiger partial charge in [-0.1, -0.05) is 47.5 Å². The van der Waals surface area contributed by atoms with Crippen LogP contribution >= 0.6 is 0 Å². The summed E-state index contributed by atoms with van der Waals surface area (Å²) < 4.78 is 0. The highest BCUT2D eigenvalue weighted by Crippen LogP contribution is 2.13. The fourth-order valence-corrected chi connectivity index (χ4v) is 1.91. The molecule has 21 heavy (non-hydrogen) atoms. The van der Waals surface area contributed by atoms with Crippen molar-refractivity contribution in [3.8, 4) is 6.07 Å². The number of aryl methyl sites for hydroxylation is 2. The molecule has 104 valence electrons. The first kappa shape index (κ1) is 14.5. The smallest absolute Gasteiger partial charge is 0.266 e. The van der Waals surface area contributed by atoms with Gasteiger partial charge in [0.25, 0.3) is 5.91 Å². The number of amides is 1. The van der Waals surface area contributed by atoms with Crippen LogP contribution in [0.1, 0.15) is 16.7 Å². The Kier molecular flexibility index (Phi) is 4.53. The monoisotopic (exact) mass is 276 g/mol. The van der Waals surface area contributed by atoms with Gasteiger partial charge in [0.2, 0.25) is 0 Å². The van der Waals surface area contributed by atoms with Crippen LogP contribution in [0, 0.1) is 25.2 Å². The number of hydrogen-bond donors (Lipinski definition) is 1. The molecule has 2 aromatic rings. The first-order valence-corrected chi connectivity index (χ1v) is 6.65. The topological polar surface area (TPSA) is 52.9 Å². The van der Waals surface area contributed by atoms with Crippen LogP contribution in [0.4, 0.5) is 5.69 Å². The second kappa shape index (κ2) is 6.53. The first-order chi connectivity index (χ1) is 10.1. The van der Waals surface area contributed by atoms with Crippen LogP contribution < -0.4 is 5.32 Å². The maximum Gasteiger partial charge on any atom is 0.266 e. The second-order valence-electron chi connectivity index (χ2n) is 4.90. The van der Waals surface area contributed by atoms with Gasteiger partial charge >= 0.3 is 0 Å². The predicted molar refractivity (Wildman–Crippen MR) is 84.6 cm³/mol. The van der Waals surface area contributed by atoms with Crippen molar-refractivity contribution in [2.24, 2.45) is 0 Å². The number of nitrogens with zero attached hydrogens (tertiary/aromatic N) is 1. The highest BCUT2D eigenvalue weighted by molar-refractivity contribution is 6.09. The average Bonchev–Trinajstić information content (AvgIpc) is 2.47. The number of benzene rings is 2. The highest BCUT2D eigenvalue weighted by atomic mass is 16.1. The van der Waals surface area contributed by atoms with E-state index in [1.807, 2.05) is 68.4 Å². The molecule has 0 aliphatic carbocycles. The molecule has 0 unspecified atom stereocenters. The van der Waals surface area contributed by atoms with Gasteiger partial charge in [-0.15, -0.1) is 0 Å². The van der Waals surface area contributed by atoms with Crippen molar-refractivity contribution in [1.29, 1.82) is 5.26 Å². The third-order valence-electron chi connectivity index (χ3n) is 3.03. The van der Waals surface area contributed by atoms with E-state index in [1.165, 1.54) is 0 Å². The lowest BCUT2D eigenvalue weighted by Gasteiger charge is -2.05. The third-order valence-corrected chi connectivity index (χ3v) is 3.03. The van der Waals surface area contributed by atoms with Crippen LogP contribution in [0.3, 0.4) is 0 Å². The van der Waals surface area contributed by atoms with Gasteiger partial charge in [-0.25, -0.2) is 0 Å². The largest absolute Gasteiger partial charge is 0.321 e. The molecule has 1 N–H and O–H groups in total. The fraction of sp³-hybridized carbons (Fsp3) is 0.111. The third kappa shape index (κ3) is 4.05. The van der Waals surface area contributed by atoms with Crippen molar-refractivity contribution in [1.82, 2.24) is 0 Å². The molecule has 1 amide bonds. The quantitative estimate of drug-likeness (QED) is 0.684. The van der Waals surface area contributed by atoms with Gasteiger partial charge in [-0.05, 0) is 37.6 Å². The number of hydrogen-bond acceptors (Lipinski definition) is 2. The maximum atomic E-state index is 12.1. The number of carbonyl (C=O) groups is 1. The molecular weight excluding hydrogens is 260 g/mol. The van der Waals surface area contributed by atoms with Gasteiger partial charge in [0.05, 0.1) is 0 Å². The van der Waals surface area contributed by atoms with Crippen molar-refractivity contribution in [3.05, 3.63) is 70.8 Å². The Labute approximate surface area is 124 Å². The summed E-state index contributed by atoms with van der Waals surface area (Å²) >= 11 is 0. The highest BCUT2D eigenvalue weighted by Gasteiger charge is 2.09. The van der Waals surface area contributed by atoms with Crippen LogP contribution in [0.25, 0.3) is 6.08 Å². The van der Waals surface area contributed by atoms with Crippen molar-refractivity contribution in [2.75, 3.05) is 5.32 Å². The van der Waals surface area contributed by atoms with E-state index >= 15 is 0 Å². The van der Waals surface area contributed by atoms with Crippen molar-refractivity contribution in [3.63, 3.8) is 0 Å². The summed E-state index contributed by atoms with van der Waals surface area (Å²) in [5.41, 5.74) is 3.80. The molecule has 0 spiro atoms. The van der Waals surface area contributed by atoms with E-state index in [0.717, 1.165) is 16.7 Å².